The molecule has 0 aliphatic carbocycles. The first-order valence-corrected chi connectivity index (χ1v) is 8.32. The van der Waals surface area contributed by atoms with Gasteiger partial charge in [-0.1, -0.05) is 25.3 Å². The van der Waals surface area contributed by atoms with Crippen molar-refractivity contribution in [2.75, 3.05) is 0 Å². The SMILES string of the molecule is C=C(C)C(=O)OC(C)=C(C)Oc1ccc2cc(OC(=O)C(=C)C)ccc2c1. The van der Waals surface area contributed by atoms with Gasteiger partial charge < -0.3 is 14.2 Å². The second-order valence-corrected chi connectivity index (χ2v) is 6.22. The number of allylic oxidation sites excluding steroid dienone is 2. The number of ether oxygens (including phenoxy) is 3. The predicted molar refractivity (Wildman–Crippen MR) is 104 cm³/mol. The summed E-state index contributed by atoms with van der Waals surface area (Å²) in [5.74, 6) is 0.918. The lowest BCUT2D eigenvalue weighted by Crippen LogP contribution is -2.08. The molecule has 0 aromatic heterocycles. The van der Waals surface area contributed by atoms with Gasteiger partial charge in [-0.25, -0.2) is 9.59 Å². The van der Waals surface area contributed by atoms with E-state index in [1.54, 1.807) is 45.9 Å². The third-order valence-electron chi connectivity index (χ3n) is 3.70. The summed E-state index contributed by atoms with van der Waals surface area (Å²) in [5.41, 5.74) is 0.653. The minimum atomic E-state index is -0.495. The molecule has 0 spiro atoms. The first kappa shape index (κ1) is 20.0. The van der Waals surface area contributed by atoms with Crippen molar-refractivity contribution in [1.82, 2.24) is 0 Å². The van der Waals surface area contributed by atoms with Crippen molar-refractivity contribution in [1.29, 1.82) is 0 Å². The van der Waals surface area contributed by atoms with Crippen LogP contribution in [0.25, 0.3) is 10.8 Å². The molecule has 2 aromatic rings. The first-order valence-electron chi connectivity index (χ1n) is 8.32. The van der Waals surface area contributed by atoms with Crippen LogP contribution in [0.2, 0.25) is 0 Å². The summed E-state index contributed by atoms with van der Waals surface area (Å²) in [5, 5.41) is 1.80. The Labute approximate surface area is 158 Å². The highest BCUT2D eigenvalue weighted by molar-refractivity contribution is 5.90. The van der Waals surface area contributed by atoms with Gasteiger partial charge in [0.25, 0.3) is 0 Å². The fourth-order valence-electron chi connectivity index (χ4n) is 2.07. The van der Waals surface area contributed by atoms with E-state index in [4.69, 9.17) is 14.2 Å². The lowest BCUT2D eigenvalue weighted by atomic mass is 10.1. The molecule has 2 aromatic carbocycles. The van der Waals surface area contributed by atoms with Gasteiger partial charge in [-0.05, 0) is 62.7 Å². The predicted octanol–water partition coefficient (Wildman–Crippen LogP) is 5.07. The van der Waals surface area contributed by atoms with Crippen molar-refractivity contribution < 1.29 is 23.8 Å². The van der Waals surface area contributed by atoms with Gasteiger partial charge in [0.2, 0.25) is 0 Å². The van der Waals surface area contributed by atoms with Crippen LogP contribution < -0.4 is 9.47 Å². The quantitative estimate of drug-likeness (QED) is 0.309. The maximum absolute atomic E-state index is 11.6. The zero-order valence-corrected chi connectivity index (χ0v) is 15.9. The molecule has 5 nitrogen and oxygen atoms in total. The highest BCUT2D eigenvalue weighted by Crippen LogP contribution is 2.26. The summed E-state index contributed by atoms with van der Waals surface area (Å²) in [6.07, 6.45) is 0. The molecule has 0 fully saturated rings. The number of rotatable bonds is 6. The minimum Gasteiger partial charge on any atom is -0.458 e. The fraction of sp³-hybridized carbons (Fsp3) is 0.182. The monoisotopic (exact) mass is 366 g/mol. The van der Waals surface area contributed by atoms with E-state index in [2.05, 4.69) is 13.2 Å². The molecular formula is C22H22O5. The Bertz CT molecular complexity index is 966. The van der Waals surface area contributed by atoms with Crippen molar-refractivity contribution in [2.45, 2.75) is 27.7 Å². The van der Waals surface area contributed by atoms with E-state index in [0.717, 1.165) is 10.8 Å². The van der Waals surface area contributed by atoms with Crippen LogP contribution in [0.15, 0.2) is 72.2 Å². The van der Waals surface area contributed by atoms with E-state index in [1.165, 1.54) is 0 Å². The Morgan fingerprint density at radius 2 is 1.19 bits per heavy atom. The Kier molecular flexibility index (Phi) is 6.19. The van der Waals surface area contributed by atoms with Gasteiger partial charge >= 0.3 is 11.9 Å². The van der Waals surface area contributed by atoms with Gasteiger partial charge in [-0.2, -0.15) is 0 Å². The number of carbonyl (C=O) groups is 2. The molecule has 0 radical (unpaired) electrons. The van der Waals surface area contributed by atoms with Crippen LogP contribution >= 0.6 is 0 Å². The minimum absolute atomic E-state index is 0.316. The largest absolute Gasteiger partial charge is 0.458 e. The number of hydrogen-bond acceptors (Lipinski definition) is 5. The standard InChI is InChI=1S/C22H22O5/c1-13(2)21(23)26-16(6)15(5)25-19-9-7-18-12-20(10-8-17(18)11-19)27-22(24)14(3)4/h7-12H,1,3H2,2,4-6H3. The van der Waals surface area contributed by atoms with E-state index < -0.39 is 11.9 Å². The van der Waals surface area contributed by atoms with E-state index in [-0.39, 0.29) is 0 Å². The molecule has 0 unspecified atom stereocenters. The molecule has 0 heterocycles. The summed E-state index contributed by atoms with van der Waals surface area (Å²) in [6.45, 7) is 13.7. The molecule has 0 N–H and O–H groups in total. The van der Waals surface area contributed by atoms with Crippen LogP contribution in [-0.2, 0) is 14.3 Å². The Morgan fingerprint density at radius 1 is 0.704 bits per heavy atom. The molecule has 0 aliphatic heterocycles. The lowest BCUT2D eigenvalue weighted by molar-refractivity contribution is -0.135. The average Bonchev–Trinajstić information content (AvgIpc) is 2.61. The van der Waals surface area contributed by atoms with Crippen LogP contribution in [-0.4, -0.2) is 11.9 Å². The number of hydrogen-bond donors (Lipinski definition) is 0. The van der Waals surface area contributed by atoms with Crippen molar-refractivity contribution in [3.63, 3.8) is 0 Å². The molecule has 2 rings (SSSR count). The van der Waals surface area contributed by atoms with Gasteiger partial charge in [0.15, 0.2) is 0 Å². The number of esters is 2. The summed E-state index contributed by atoms with van der Waals surface area (Å²) in [7, 11) is 0. The molecule has 0 amide bonds. The summed E-state index contributed by atoms with van der Waals surface area (Å²) in [6, 6.07) is 10.8. The highest BCUT2D eigenvalue weighted by atomic mass is 16.6. The second-order valence-electron chi connectivity index (χ2n) is 6.22. The Balaban J connectivity index is 2.19. The molecule has 0 aliphatic rings. The smallest absolute Gasteiger partial charge is 0.338 e. The topological polar surface area (TPSA) is 61.8 Å². The van der Waals surface area contributed by atoms with Crippen molar-refractivity contribution >= 4 is 22.7 Å². The van der Waals surface area contributed by atoms with Gasteiger partial charge in [-0.15, -0.1) is 0 Å². The third kappa shape index (κ3) is 5.31. The molecule has 0 saturated heterocycles. The van der Waals surface area contributed by atoms with Crippen molar-refractivity contribution in [3.8, 4) is 11.5 Å². The van der Waals surface area contributed by atoms with Crippen molar-refractivity contribution in [2.24, 2.45) is 0 Å². The first-order chi connectivity index (χ1) is 12.7. The number of fused-ring (bicyclic) bond motifs is 1. The molecule has 5 heteroatoms. The molecule has 0 atom stereocenters. The summed E-state index contributed by atoms with van der Waals surface area (Å²) < 4.78 is 16.2. The van der Waals surface area contributed by atoms with E-state index in [0.29, 0.717) is 34.2 Å². The lowest BCUT2D eigenvalue weighted by Gasteiger charge is -2.11. The van der Waals surface area contributed by atoms with Gasteiger partial charge in [-0.3, -0.25) is 0 Å². The molecule has 27 heavy (non-hydrogen) atoms. The molecule has 140 valence electrons. The molecule has 0 bridgehead atoms. The van der Waals surface area contributed by atoms with Crippen LogP contribution in [0.1, 0.15) is 27.7 Å². The second kappa shape index (κ2) is 8.36. The van der Waals surface area contributed by atoms with Crippen LogP contribution in [0.5, 0.6) is 11.5 Å². The van der Waals surface area contributed by atoms with E-state index in [9.17, 15) is 9.59 Å². The zero-order valence-electron chi connectivity index (χ0n) is 15.9. The normalized spacial score (nSPS) is 11.4. The maximum atomic E-state index is 11.6. The zero-order chi connectivity index (χ0) is 20.1. The van der Waals surface area contributed by atoms with Gasteiger partial charge in [0.1, 0.15) is 23.0 Å². The summed E-state index contributed by atoms with van der Waals surface area (Å²) >= 11 is 0. The Hall–Kier alpha value is -3.34. The van der Waals surface area contributed by atoms with E-state index in [1.807, 2.05) is 18.2 Å². The van der Waals surface area contributed by atoms with Gasteiger partial charge in [0, 0.05) is 11.1 Å². The molecule has 0 saturated carbocycles. The van der Waals surface area contributed by atoms with Crippen LogP contribution in [0, 0.1) is 0 Å². The molecular weight excluding hydrogens is 344 g/mol. The van der Waals surface area contributed by atoms with Gasteiger partial charge in [0.05, 0.1) is 0 Å². The van der Waals surface area contributed by atoms with Crippen molar-refractivity contribution in [3.05, 3.63) is 72.2 Å². The number of benzene rings is 2. The Morgan fingerprint density at radius 3 is 1.67 bits per heavy atom. The van der Waals surface area contributed by atoms with Crippen LogP contribution in [0.3, 0.4) is 0 Å². The average molecular weight is 366 g/mol. The van der Waals surface area contributed by atoms with E-state index >= 15 is 0 Å². The number of carbonyl (C=O) groups excluding carboxylic acids is 2. The summed E-state index contributed by atoms with van der Waals surface area (Å²) in [4.78, 5) is 23.2. The third-order valence-corrected chi connectivity index (χ3v) is 3.70. The maximum Gasteiger partial charge on any atom is 0.338 e. The van der Waals surface area contributed by atoms with Crippen LogP contribution in [0.4, 0.5) is 0 Å². The fourth-order valence-corrected chi connectivity index (χ4v) is 2.07. The highest BCUT2D eigenvalue weighted by Gasteiger charge is 2.10.